The molecule has 106 valence electrons. The highest BCUT2D eigenvalue weighted by atomic mass is 35.5. The van der Waals surface area contributed by atoms with Crippen LogP contribution in [0.4, 0.5) is 19.0 Å². The lowest BCUT2D eigenvalue weighted by molar-refractivity contribution is -0.144. The Balaban J connectivity index is 2.28. The highest BCUT2D eigenvalue weighted by Gasteiger charge is 2.36. The minimum atomic E-state index is -4.59. The number of alkyl halides is 3. The summed E-state index contributed by atoms with van der Waals surface area (Å²) in [4.78, 5) is 10.7. The van der Waals surface area contributed by atoms with E-state index in [0.29, 0.717) is 13.1 Å². The van der Waals surface area contributed by atoms with Crippen molar-refractivity contribution in [2.75, 3.05) is 31.6 Å². The highest BCUT2D eigenvalue weighted by Crippen LogP contribution is 2.29. The fourth-order valence-electron chi connectivity index (χ4n) is 1.95. The van der Waals surface area contributed by atoms with Crippen molar-refractivity contribution in [1.29, 1.82) is 0 Å². The van der Waals surface area contributed by atoms with E-state index in [2.05, 4.69) is 14.9 Å². The maximum Gasteiger partial charge on any atom is 0.451 e. The van der Waals surface area contributed by atoms with Crippen molar-refractivity contribution < 1.29 is 13.2 Å². The lowest BCUT2D eigenvalue weighted by Gasteiger charge is -2.38. The van der Waals surface area contributed by atoms with E-state index in [1.165, 1.54) is 6.07 Å². The van der Waals surface area contributed by atoms with Gasteiger partial charge in [-0.2, -0.15) is 13.2 Å². The standard InChI is InChI=1S/C11H14ClF3N4/c1-7-6-19(4-3-18(7)2)9-5-8(12)16-10(17-9)11(13,14)15/h5,7H,3-4,6H2,1-2H3. The van der Waals surface area contributed by atoms with E-state index in [9.17, 15) is 13.2 Å². The van der Waals surface area contributed by atoms with Gasteiger partial charge < -0.3 is 9.80 Å². The molecule has 19 heavy (non-hydrogen) atoms. The number of hydrogen-bond donors (Lipinski definition) is 0. The molecule has 8 heteroatoms. The van der Waals surface area contributed by atoms with Gasteiger partial charge in [-0.15, -0.1) is 0 Å². The number of likely N-dealkylation sites (N-methyl/N-ethyl adjacent to an activating group) is 1. The lowest BCUT2D eigenvalue weighted by Crippen LogP contribution is -2.50. The van der Waals surface area contributed by atoms with Crippen LogP contribution in [-0.2, 0) is 6.18 Å². The molecule has 0 aromatic carbocycles. The van der Waals surface area contributed by atoms with Crippen molar-refractivity contribution in [3.8, 4) is 0 Å². The number of hydrogen-bond acceptors (Lipinski definition) is 4. The molecule has 1 aliphatic rings. The summed E-state index contributed by atoms with van der Waals surface area (Å²) in [7, 11) is 1.98. The van der Waals surface area contributed by atoms with E-state index in [1.54, 1.807) is 4.90 Å². The first-order valence-electron chi connectivity index (χ1n) is 5.84. The summed E-state index contributed by atoms with van der Waals surface area (Å²) < 4.78 is 37.9. The Morgan fingerprint density at radius 2 is 2.00 bits per heavy atom. The minimum Gasteiger partial charge on any atom is -0.354 e. The highest BCUT2D eigenvalue weighted by molar-refractivity contribution is 6.29. The molecule has 1 fully saturated rings. The van der Waals surface area contributed by atoms with Crippen LogP contribution in [0.15, 0.2) is 6.07 Å². The molecule has 1 unspecified atom stereocenters. The summed E-state index contributed by atoms with van der Waals surface area (Å²) in [6.45, 7) is 4.01. The Labute approximate surface area is 114 Å². The summed E-state index contributed by atoms with van der Waals surface area (Å²) in [5.74, 6) is -0.964. The third-order valence-electron chi connectivity index (χ3n) is 3.22. The molecule has 1 aliphatic heterocycles. The Morgan fingerprint density at radius 3 is 2.58 bits per heavy atom. The van der Waals surface area contributed by atoms with Crippen molar-refractivity contribution in [2.24, 2.45) is 0 Å². The molecule has 0 spiro atoms. The van der Waals surface area contributed by atoms with Crippen LogP contribution in [0.5, 0.6) is 0 Å². The van der Waals surface area contributed by atoms with Crippen LogP contribution >= 0.6 is 11.6 Å². The molecule has 0 aliphatic carbocycles. The van der Waals surface area contributed by atoms with Gasteiger partial charge in [-0.3, -0.25) is 0 Å². The van der Waals surface area contributed by atoms with Crippen molar-refractivity contribution in [1.82, 2.24) is 14.9 Å². The number of halogens is 4. The zero-order valence-corrected chi connectivity index (χ0v) is 11.3. The van der Waals surface area contributed by atoms with Gasteiger partial charge in [0, 0.05) is 31.7 Å². The van der Waals surface area contributed by atoms with E-state index >= 15 is 0 Å². The second-order valence-corrected chi connectivity index (χ2v) is 5.03. The van der Waals surface area contributed by atoms with Crippen LogP contribution < -0.4 is 4.90 Å². The van der Waals surface area contributed by atoms with E-state index in [-0.39, 0.29) is 17.0 Å². The van der Waals surface area contributed by atoms with Gasteiger partial charge in [0.25, 0.3) is 0 Å². The molecule has 1 saturated heterocycles. The SMILES string of the molecule is CC1CN(c2cc(Cl)nc(C(F)(F)F)n2)CCN1C. The van der Waals surface area contributed by atoms with Crippen LogP contribution in [0.3, 0.4) is 0 Å². The molecular weight excluding hydrogens is 281 g/mol. The second kappa shape index (κ2) is 5.13. The molecule has 2 heterocycles. The largest absolute Gasteiger partial charge is 0.451 e. The zero-order valence-electron chi connectivity index (χ0n) is 10.6. The Bertz CT molecular complexity index is 466. The van der Waals surface area contributed by atoms with Crippen LogP contribution in [-0.4, -0.2) is 47.6 Å². The van der Waals surface area contributed by atoms with E-state index in [1.807, 2.05) is 14.0 Å². The molecular formula is C11H14ClF3N4. The minimum absolute atomic E-state index is 0.191. The molecule has 1 aromatic heterocycles. The number of rotatable bonds is 1. The molecule has 2 rings (SSSR count). The van der Waals surface area contributed by atoms with Crippen LogP contribution in [0.2, 0.25) is 5.15 Å². The quantitative estimate of drug-likeness (QED) is 0.744. The lowest BCUT2D eigenvalue weighted by atomic mass is 10.2. The van der Waals surface area contributed by atoms with Crippen LogP contribution in [0.25, 0.3) is 0 Å². The normalized spacial score (nSPS) is 21.8. The summed E-state index contributed by atoms with van der Waals surface area (Å²) >= 11 is 5.65. The van der Waals surface area contributed by atoms with Crippen molar-refractivity contribution >= 4 is 17.4 Å². The van der Waals surface area contributed by atoms with Crippen molar-refractivity contribution in [3.05, 3.63) is 17.0 Å². The molecule has 0 radical (unpaired) electrons. The molecule has 0 bridgehead atoms. The topological polar surface area (TPSA) is 32.3 Å². The fraction of sp³-hybridized carbons (Fsp3) is 0.636. The molecule has 0 N–H and O–H groups in total. The molecule has 1 atom stereocenters. The average molecular weight is 295 g/mol. The summed E-state index contributed by atoms with van der Waals surface area (Å²) in [6, 6.07) is 1.62. The summed E-state index contributed by atoms with van der Waals surface area (Å²) in [5, 5.41) is -0.191. The van der Waals surface area contributed by atoms with Gasteiger partial charge in [0.05, 0.1) is 0 Å². The maximum atomic E-state index is 12.6. The molecule has 0 saturated carbocycles. The van der Waals surface area contributed by atoms with Gasteiger partial charge in [0.15, 0.2) is 0 Å². The predicted molar refractivity (Wildman–Crippen MR) is 66.3 cm³/mol. The average Bonchev–Trinajstić information content (AvgIpc) is 2.31. The maximum absolute atomic E-state index is 12.6. The van der Waals surface area contributed by atoms with E-state index in [0.717, 1.165) is 6.54 Å². The second-order valence-electron chi connectivity index (χ2n) is 4.65. The third kappa shape index (κ3) is 3.27. The Hall–Kier alpha value is -1.08. The van der Waals surface area contributed by atoms with Gasteiger partial charge in [0.2, 0.25) is 5.82 Å². The number of aromatic nitrogens is 2. The predicted octanol–water partition coefficient (Wildman–Crippen LogP) is 2.29. The third-order valence-corrected chi connectivity index (χ3v) is 3.41. The fourth-order valence-corrected chi connectivity index (χ4v) is 2.13. The van der Waals surface area contributed by atoms with Gasteiger partial charge >= 0.3 is 6.18 Å². The summed E-state index contributed by atoms with van der Waals surface area (Å²) in [5.41, 5.74) is 0. The number of nitrogens with zero attached hydrogens (tertiary/aromatic N) is 4. The van der Waals surface area contributed by atoms with Crippen molar-refractivity contribution in [2.45, 2.75) is 19.1 Å². The van der Waals surface area contributed by atoms with Crippen LogP contribution in [0.1, 0.15) is 12.7 Å². The van der Waals surface area contributed by atoms with Crippen molar-refractivity contribution in [3.63, 3.8) is 0 Å². The van der Waals surface area contributed by atoms with Gasteiger partial charge in [0.1, 0.15) is 11.0 Å². The number of anilines is 1. The van der Waals surface area contributed by atoms with E-state index < -0.39 is 12.0 Å². The van der Waals surface area contributed by atoms with Crippen LogP contribution in [0, 0.1) is 0 Å². The molecule has 4 nitrogen and oxygen atoms in total. The number of piperazine rings is 1. The Kier molecular flexibility index (Phi) is 3.87. The van der Waals surface area contributed by atoms with E-state index in [4.69, 9.17) is 11.6 Å². The van der Waals surface area contributed by atoms with Gasteiger partial charge in [-0.1, -0.05) is 11.6 Å². The zero-order chi connectivity index (χ0) is 14.2. The molecule has 1 aromatic rings. The molecule has 0 amide bonds. The smallest absolute Gasteiger partial charge is 0.354 e. The van der Waals surface area contributed by atoms with Gasteiger partial charge in [-0.05, 0) is 14.0 Å². The van der Waals surface area contributed by atoms with Gasteiger partial charge in [-0.25, -0.2) is 9.97 Å². The first-order chi connectivity index (χ1) is 8.77. The Morgan fingerprint density at radius 1 is 1.32 bits per heavy atom. The first kappa shape index (κ1) is 14.3. The first-order valence-corrected chi connectivity index (χ1v) is 6.22. The summed E-state index contributed by atoms with van der Waals surface area (Å²) in [6.07, 6.45) is -4.59. The monoisotopic (exact) mass is 294 g/mol.